The molecule has 0 fully saturated rings. The monoisotopic (exact) mass is 152 g/mol. The first-order valence-electron chi connectivity index (χ1n) is 3.52. The number of hydrogen-bond donors (Lipinski definition) is 1. The van der Waals surface area contributed by atoms with Crippen molar-refractivity contribution in [1.29, 1.82) is 0 Å². The molecule has 0 spiro atoms. The summed E-state index contributed by atoms with van der Waals surface area (Å²) in [4.78, 5) is 0. The molecule has 0 radical (unpaired) electrons. The first-order valence-corrected chi connectivity index (χ1v) is 3.52. The number of rotatable bonds is 2. The fourth-order valence-corrected chi connectivity index (χ4v) is 0.982. The van der Waals surface area contributed by atoms with E-state index in [1.54, 1.807) is 13.2 Å². The van der Waals surface area contributed by atoms with Gasteiger partial charge >= 0.3 is 0 Å². The second-order valence-electron chi connectivity index (χ2n) is 2.49. The highest BCUT2D eigenvalue weighted by Gasteiger charge is 2.00. The molecule has 2 nitrogen and oxygen atoms in total. The molecule has 0 amide bonds. The zero-order valence-electron chi connectivity index (χ0n) is 6.79. The number of methoxy groups -OCH3 is 1. The molecule has 2 heteroatoms. The predicted molar refractivity (Wildman–Crippen MR) is 43.6 cm³/mol. The third-order valence-electron chi connectivity index (χ3n) is 1.72. The molecule has 1 aromatic carbocycles. The second kappa shape index (κ2) is 3.39. The summed E-state index contributed by atoms with van der Waals surface area (Å²) in [7, 11) is 1.64. The Hall–Kier alpha value is -1.02. The quantitative estimate of drug-likeness (QED) is 0.700. The molecule has 1 aromatic rings. The van der Waals surface area contributed by atoms with E-state index in [1.165, 1.54) is 0 Å². The van der Waals surface area contributed by atoms with Crippen LogP contribution >= 0.6 is 0 Å². The largest absolute Gasteiger partial charge is 0.508 e. The normalized spacial score (nSPS) is 10.0. The van der Waals surface area contributed by atoms with Gasteiger partial charge in [-0.1, -0.05) is 12.1 Å². The van der Waals surface area contributed by atoms with E-state index in [0.29, 0.717) is 12.4 Å². The van der Waals surface area contributed by atoms with Gasteiger partial charge in [-0.15, -0.1) is 0 Å². The van der Waals surface area contributed by atoms with Gasteiger partial charge in [0.25, 0.3) is 0 Å². The van der Waals surface area contributed by atoms with Crippen LogP contribution in [0.3, 0.4) is 0 Å². The average Bonchev–Trinajstić information content (AvgIpc) is 1.99. The number of ether oxygens (including phenoxy) is 1. The van der Waals surface area contributed by atoms with Crippen LogP contribution in [0.1, 0.15) is 11.1 Å². The Morgan fingerprint density at radius 3 is 2.82 bits per heavy atom. The molecule has 0 heterocycles. The van der Waals surface area contributed by atoms with Crippen LogP contribution < -0.4 is 0 Å². The highest BCUT2D eigenvalue weighted by atomic mass is 16.5. The van der Waals surface area contributed by atoms with Gasteiger partial charge in [0, 0.05) is 7.11 Å². The lowest BCUT2D eigenvalue weighted by Crippen LogP contribution is -1.90. The molecule has 0 bridgehead atoms. The molecule has 0 aliphatic rings. The maximum Gasteiger partial charge on any atom is 0.118 e. The summed E-state index contributed by atoms with van der Waals surface area (Å²) >= 11 is 0. The van der Waals surface area contributed by atoms with Gasteiger partial charge in [-0.05, 0) is 24.1 Å². The van der Waals surface area contributed by atoms with E-state index in [-0.39, 0.29) is 0 Å². The van der Waals surface area contributed by atoms with E-state index in [1.807, 2.05) is 19.1 Å². The van der Waals surface area contributed by atoms with Gasteiger partial charge in [0.05, 0.1) is 6.61 Å². The summed E-state index contributed by atoms with van der Waals surface area (Å²) in [6.07, 6.45) is 0. The summed E-state index contributed by atoms with van der Waals surface area (Å²) in [5.41, 5.74) is 1.93. The fourth-order valence-electron chi connectivity index (χ4n) is 0.982. The molecule has 11 heavy (non-hydrogen) atoms. The number of benzene rings is 1. The van der Waals surface area contributed by atoms with Gasteiger partial charge in [-0.3, -0.25) is 0 Å². The fraction of sp³-hybridized carbons (Fsp3) is 0.333. The van der Waals surface area contributed by atoms with Crippen molar-refractivity contribution in [2.24, 2.45) is 0 Å². The maximum atomic E-state index is 9.27. The van der Waals surface area contributed by atoms with Crippen LogP contribution in [0.4, 0.5) is 0 Å². The van der Waals surface area contributed by atoms with Gasteiger partial charge in [0.2, 0.25) is 0 Å². The molecule has 0 unspecified atom stereocenters. The second-order valence-corrected chi connectivity index (χ2v) is 2.49. The molecule has 0 saturated heterocycles. The minimum absolute atomic E-state index is 0.333. The highest BCUT2D eigenvalue weighted by Crippen LogP contribution is 2.19. The minimum Gasteiger partial charge on any atom is -0.508 e. The summed E-state index contributed by atoms with van der Waals surface area (Å²) < 4.78 is 4.95. The first-order chi connectivity index (χ1) is 5.25. The topological polar surface area (TPSA) is 29.5 Å². The molecule has 1 rings (SSSR count). The predicted octanol–water partition coefficient (Wildman–Crippen LogP) is 1.85. The van der Waals surface area contributed by atoms with Crippen molar-refractivity contribution in [1.82, 2.24) is 0 Å². The zero-order chi connectivity index (χ0) is 8.27. The third kappa shape index (κ3) is 1.71. The number of aromatic hydroxyl groups is 1. The molecule has 0 aliphatic carbocycles. The molecular weight excluding hydrogens is 140 g/mol. The SMILES string of the molecule is COCc1cccc(O)c1C. The first kappa shape index (κ1) is 8.08. The van der Waals surface area contributed by atoms with Crippen molar-refractivity contribution in [3.8, 4) is 5.75 Å². The molecule has 0 atom stereocenters. The lowest BCUT2D eigenvalue weighted by molar-refractivity contribution is 0.184. The Bertz CT molecular complexity index is 243. The van der Waals surface area contributed by atoms with E-state index >= 15 is 0 Å². The summed E-state index contributed by atoms with van der Waals surface area (Å²) in [6.45, 7) is 2.43. The van der Waals surface area contributed by atoms with Crippen molar-refractivity contribution in [3.63, 3.8) is 0 Å². The van der Waals surface area contributed by atoms with Gasteiger partial charge in [0.15, 0.2) is 0 Å². The van der Waals surface area contributed by atoms with Crippen LogP contribution in [0.25, 0.3) is 0 Å². The van der Waals surface area contributed by atoms with Crippen LogP contribution in [-0.4, -0.2) is 12.2 Å². The third-order valence-corrected chi connectivity index (χ3v) is 1.72. The van der Waals surface area contributed by atoms with Crippen molar-refractivity contribution < 1.29 is 9.84 Å². The highest BCUT2D eigenvalue weighted by molar-refractivity contribution is 5.37. The van der Waals surface area contributed by atoms with Crippen molar-refractivity contribution in [2.45, 2.75) is 13.5 Å². The van der Waals surface area contributed by atoms with E-state index in [9.17, 15) is 5.11 Å². The Morgan fingerprint density at radius 1 is 1.45 bits per heavy atom. The summed E-state index contributed by atoms with van der Waals surface area (Å²) in [5, 5.41) is 9.27. The average molecular weight is 152 g/mol. The van der Waals surface area contributed by atoms with Gasteiger partial charge < -0.3 is 9.84 Å². The Morgan fingerprint density at radius 2 is 2.18 bits per heavy atom. The zero-order valence-corrected chi connectivity index (χ0v) is 6.79. The molecular formula is C9H12O2. The van der Waals surface area contributed by atoms with E-state index in [4.69, 9.17) is 4.74 Å². The molecule has 60 valence electrons. The van der Waals surface area contributed by atoms with Crippen molar-refractivity contribution >= 4 is 0 Å². The number of phenolic OH excluding ortho intramolecular Hbond substituents is 1. The van der Waals surface area contributed by atoms with Gasteiger partial charge in [-0.25, -0.2) is 0 Å². The Labute approximate surface area is 66.4 Å². The van der Waals surface area contributed by atoms with Crippen molar-refractivity contribution in [2.75, 3.05) is 7.11 Å². The van der Waals surface area contributed by atoms with Crippen LogP contribution in [0, 0.1) is 6.92 Å². The summed E-state index contributed by atoms with van der Waals surface area (Å²) in [5.74, 6) is 0.333. The molecule has 0 aromatic heterocycles. The minimum atomic E-state index is 0.333. The van der Waals surface area contributed by atoms with Crippen molar-refractivity contribution in [3.05, 3.63) is 29.3 Å². The van der Waals surface area contributed by atoms with Crippen LogP contribution in [0.15, 0.2) is 18.2 Å². The van der Waals surface area contributed by atoms with Crippen LogP contribution in [0.2, 0.25) is 0 Å². The maximum absolute atomic E-state index is 9.27. The van der Waals surface area contributed by atoms with Crippen LogP contribution in [-0.2, 0) is 11.3 Å². The van der Waals surface area contributed by atoms with Gasteiger partial charge in [-0.2, -0.15) is 0 Å². The molecule has 1 N–H and O–H groups in total. The van der Waals surface area contributed by atoms with E-state index < -0.39 is 0 Å². The van der Waals surface area contributed by atoms with Gasteiger partial charge in [0.1, 0.15) is 5.75 Å². The lowest BCUT2D eigenvalue weighted by Gasteiger charge is -2.04. The molecule has 0 saturated carbocycles. The van der Waals surface area contributed by atoms with E-state index in [0.717, 1.165) is 11.1 Å². The Kier molecular flexibility index (Phi) is 2.49. The summed E-state index contributed by atoms with van der Waals surface area (Å²) in [6, 6.07) is 5.43. The van der Waals surface area contributed by atoms with Crippen LogP contribution in [0.5, 0.6) is 5.75 Å². The standard InChI is InChI=1S/C9H12O2/c1-7-8(6-11-2)4-3-5-9(7)10/h3-5,10H,6H2,1-2H3. The van der Waals surface area contributed by atoms with E-state index in [2.05, 4.69) is 0 Å². The number of phenols is 1. The lowest BCUT2D eigenvalue weighted by atomic mass is 10.1. The molecule has 0 aliphatic heterocycles. The Balaban J connectivity index is 2.96. The smallest absolute Gasteiger partial charge is 0.118 e. The number of hydrogen-bond acceptors (Lipinski definition) is 2.